The number of nitrogens with one attached hydrogen (secondary N) is 1. The van der Waals surface area contributed by atoms with Crippen LogP contribution in [-0.2, 0) is 9.59 Å². The first kappa shape index (κ1) is 16.3. The summed E-state index contributed by atoms with van der Waals surface area (Å²) in [5.74, 6) is -0.604. The molecule has 2 aromatic rings. The number of benzene rings is 2. The highest BCUT2D eigenvalue weighted by atomic mass is 127. The van der Waals surface area contributed by atoms with Gasteiger partial charge in [0.05, 0.1) is 22.3 Å². The van der Waals surface area contributed by atoms with Crippen LogP contribution >= 0.6 is 34.2 Å². The molecule has 1 fully saturated rings. The Labute approximate surface area is 153 Å². The van der Waals surface area contributed by atoms with Gasteiger partial charge in [-0.15, -0.1) is 0 Å². The van der Waals surface area contributed by atoms with E-state index in [0.29, 0.717) is 17.3 Å². The van der Waals surface area contributed by atoms with Crippen LogP contribution in [0.3, 0.4) is 0 Å². The number of rotatable bonds is 3. The summed E-state index contributed by atoms with van der Waals surface area (Å²) in [6.07, 6.45) is 0.195. The molecule has 1 saturated heterocycles. The Kier molecular flexibility index (Phi) is 4.87. The van der Waals surface area contributed by atoms with Gasteiger partial charge in [0.25, 0.3) is 0 Å². The fourth-order valence-electron chi connectivity index (χ4n) is 2.58. The molecule has 23 heavy (non-hydrogen) atoms. The highest BCUT2D eigenvalue weighted by Crippen LogP contribution is 2.31. The summed E-state index contributed by atoms with van der Waals surface area (Å²) in [6.45, 7) is 0.345. The minimum atomic E-state index is -0.380. The number of carbonyl (C=O) groups is 2. The van der Waals surface area contributed by atoms with E-state index in [0.717, 1.165) is 9.26 Å². The van der Waals surface area contributed by atoms with Crippen molar-refractivity contribution in [3.8, 4) is 0 Å². The van der Waals surface area contributed by atoms with Crippen LogP contribution in [0, 0.1) is 9.49 Å². The van der Waals surface area contributed by atoms with Gasteiger partial charge in [0, 0.05) is 16.5 Å². The maximum atomic E-state index is 12.4. The first-order chi connectivity index (χ1) is 11.1. The molecule has 0 bridgehead atoms. The summed E-state index contributed by atoms with van der Waals surface area (Å²) in [6, 6.07) is 14.7. The minimum Gasteiger partial charge on any atom is -0.325 e. The van der Waals surface area contributed by atoms with Crippen molar-refractivity contribution in [1.82, 2.24) is 0 Å². The molecule has 2 amide bonds. The van der Waals surface area contributed by atoms with Crippen molar-refractivity contribution in [1.29, 1.82) is 0 Å². The Morgan fingerprint density at radius 3 is 2.61 bits per heavy atom. The summed E-state index contributed by atoms with van der Waals surface area (Å²) in [5.41, 5.74) is 1.42. The summed E-state index contributed by atoms with van der Waals surface area (Å²) in [5, 5.41) is 3.41. The molecule has 118 valence electrons. The van der Waals surface area contributed by atoms with Crippen molar-refractivity contribution in [2.45, 2.75) is 6.42 Å². The molecule has 1 aliphatic rings. The van der Waals surface area contributed by atoms with Crippen LogP contribution in [0.4, 0.5) is 11.4 Å². The van der Waals surface area contributed by atoms with E-state index in [1.54, 1.807) is 17.0 Å². The van der Waals surface area contributed by atoms with Crippen LogP contribution < -0.4 is 10.2 Å². The van der Waals surface area contributed by atoms with Gasteiger partial charge in [-0.3, -0.25) is 9.59 Å². The molecule has 1 atom stereocenters. The summed E-state index contributed by atoms with van der Waals surface area (Å²) < 4.78 is 0.964. The van der Waals surface area contributed by atoms with Crippen molar-refractivity contribution in [2.75, 3.05) is 16.8 Å². The van der Waals surface area contributed by atoms with E-state index in [1.165, 1.54) is 0 Å². The predicted octanol–water partition coefficient (Wildman–Crippen LogP) is 3.94. The van der Waals surface area contributed by atoms with Gasteiger partial charge in [0.1, 0.15) is 0 Å². The zero-order valence-electron chi connectivity index (χ0n) is 12.1. The van der Waals surface area contributed by atoms with E-state index in [4.69, 9.17) is 11.6 Å². The predicted molar refractivity (Wildman–Crippen MR) is 99.7 cm³/mol. The molecular weight excluding hydrogens is 427 g/mol. The van der Waals surface area contributed by atoms with Gasteiger partial charge >= 0.3 is 0 Å². The molecule has 0 spiro atoms. The Hall–Kier alpha value is -1.60. The number of para-hydroxylation sites is 2. The van der Waals surface area contributed by atoms with Crippen LogP contribution in [-0.4, -0.2) is 18.4 Å². The third-order valence-electron chi connectivity index (χ3n) is 3.77. The minimum absolute atomic E-state index is 0.0824. The normalized spacial score (nSPS) is 17.4. The molecule has 4 nitrogen and oxygen atoms in total. The smallest absolute Gasteiger partial charge is 0.229 e. The van der Waals surface area contributed by atoms with Crippen LogP contribution in [0.1, 0.15) is 6.42 Å². The maximum absolute atomic E-state index is 12.4. The highest BCUT2D eigenvalue weighted by Gasteiger charge is 2.35. The second kappa shape index (κ2) is 6.88. The van der Waals surface area contributed by atoms with Gasteiger partial charge in [-0.2, -0.15) is 0 Å². The lowest BCUT2D eigenvalue weighted by Crippen LogP contribution is -2.28. The van der Waals surface area contributed by atoms with Crippen LogP contribution in [0.2, 0.25) is 5.02 Å². The van der Waals surface area contributed by atoms with Gasteiger partial charge in [0.2, 0.25) is 11.8 Å². The monoisotopic (exact) mass is 440 g/mol. The first-order valence-corrected chi connectivity index (χ1v) is 8.62. The molecule has 1 unspecified atom stereocenters. The van der Waals surface area contributed by atoms with Gasteiger partial charge in [-0.25, -0.2) is 0 Å². The van der Waals surface area contributed by atoms with E-state index in [9.17, 15) is 9.59 Å². The number of hydrogen-bond donors (Lipinski definition) is 1. The summed E-state index contributed by atoms with van der Waals surface area (Å²) in [7, 11) is 0. The van der Waals surface area contributed by atoms with Crippen molar-refractivity contribution >= 4 is 57.4 Å². The Bertz CT molecular complexity index is 766. The Morgan fingerprint density at radius 2 is 1.87 bits per heavy atom. The first-order valence-electron chi connectivity index (χ1n) is 7.16. The number of nitrogens with zero attached hydrogens (tertiary/aromatic N) is 1. The van der Waals surface area contributed by atoms with Crippen molar-refractivity contribution in [3.63, 3.8) is 0 Å². The second-order valence-corrected chi connectivity index (χ2v) is 6.90. The Balaban J connectivity index is 1.74. The quantitative estimate of drug-likeness (QED) is 0.735. The van der Waals surface area contributed by atoms with Crippen LogP contribution in [0.5, 0.6) is 0 Å². The average Bonchev–Trinajstić information content (AvgIpc) is 2.92. The molecular formula is C17H14ClIN2O2. The average molecular weight is 441 g/mol. The molecule has 2 aromatic carbocycles. The van der Waals surface area contributed by atoms with Gasteiger partial charge in [-0.05, 0) is 46.9 Å². The topological polar surface area (TPSA) is 49.4 Å². The fraction of sp³-hybridized carbons (Fsp3) is 0.176. The molecule has 1 heterocycles. The zero-order chi connectivity index (χ0) is 16.4. The number of halogens is 2. The third kappa shape index (κ3) is 3.50. The Morgan fingerprint density at radius 1 is 1.17 bits per heavy atom. The van der Waals surface area contributed by atoms with E-state index in [1.807, 2.05) is 36.4 Å². The number of hydrogen-bond acceptors (Lipinski definition) is 2. The SMILES string of the molecule is O=C(Nc1ccccc1I)C1CC(=O)N(c2ccccc2Cl)C1. The van der Waals surface area contributed by atoms with Gasteiger partial charge < -0.3 is 10.2 Å². The number of carbonyl (C=O) groups excluding carboxylic acids is 2. The van der Waals surface area contributed by atoms with Crippen molar-refractivity contribution in [2.24, 2.45) is 5.92 Å². The standard InChI is InChI=1S/C17H14ClIN2O2/c18-12-5-1-4-8-15(12)21-10-11(9-16(21)22)17(23)20-14-7-3-2-6-13(14)19/h1-8,11H,9-10H2,(H,20,23). The van der Waals surface area contributed by atoms with Crippen LogP contribution in [0.15, 0.2) is 48.5 Å². The van der Waals surface area contributed by atoms with E-state index in [-0.39, 0.29) is 24.2 Å². The van der Waals surface area contributed by atoms with E-state index >= 15 is 0 Å². The maximum Gasteiger partial charge on any atom is 0.229 e. The second-order valence-electron chi connectivity index (χ2n) is 5.33. The third-order valence-corrected chi connectivity index (χ3v) is 5.03. The lowest BCUT2D eigenvalue weighted by Gasteiger charge is -2.18. The molecule has 0 saturated carbocycles. The molecule has 1 N–H and O–H groups in total. The van der Waals surface area contributed by atoms with Crippen molar-refractivity contribution < 1.29 is 9.59 Å². The zero-order valence-corrected chi connectivity index (χ0v) is 15.0. The largest absolute Gasteiger partial charge is 0.325 e. The van der Waals surface area contributed by atoms with E-state index < -0.39 is 0 Å². The van der Waals surface area contributed by atoms with Gasteiger partial charge in [-0.1, -0.05) is 35.9 Å². The van der Waals surface area contributed by atoms with E-state index in [2.05, 4.69) is 27.9 Å². The molecule has 0 aromatic heterocycles. The van der Waals surface area contributed by atoms with Crippen molar-refractivity contribution in [3.05, 3.63) is 57.1 Å². The molecule has 1 aliphatic heterocycles. The van der Waals surface area contributed by atoms with Crippen LogP contribution in [0.25, 0.3) is 0 Å². The highest BCUT2D eigenvalue weighted by molar-refractivity contribution is 14.1. The van der Waals surface area contributed by atoms with Gasteiger partial charge in [0.15, 0.2) is 0 Å². The summed E-state index contributed by atoms with van der Waals surface area (Å²) in [4.78, 5) is 26.3. The summed E-state index contributed by atoms with van der Waals surface area (Å²) >= 11 is 8.32. The lowest BCUT2D eigenvalue weighted by molar-refractivity contribution is -0.122. The molecule has 0 aliphatic carbocycles. The number of anilines is 2. The number of amides is 2. The molecule has 6 heteroatoms. The fourth-order valence-corrected chi connectivity index (χ4v) is 3.34. The molecule has 0 radical (unpaired) electrons. The lowest BCUT2D eigenvalue weighted by atomic mass is 10.1. The molecule has 3 rings (SSSR count).